The second-order valence-corrected chi connectivity index (χ2v) is 2.72. The molecular formula is C10H11NO2. The van der Waals surface area contributed by atoms with Gasteiger partial charge in [0.15, 0.2) is 0 Å². The highest BCUT2D eigenvalue weighted by molar-refractivity contribution is 5.85. The molecule has 0 atom stereocenters. The van der Waals surface area contributed by atoms with E-state index in [1.54, 1.807) is 19.2 Å². The van der Waals surface area contributed by atoms with Gasteiger partial charge in [0, 0.05) is 23.9 Å². The quantitative estimate of drug-likeness (QED) is 0.714. The van der Waals surface area contributed by atoms with Crippen LogP contribution >= 0.6 is 0 Å². The van der Waals surface area contributed by atoms with Crippen LogP contribution in [-0.2, 0) is 11.2 Å². The van der Waals surface area contributed by atoms with Gasteiger partial charge in [-0.1, -0.05) is 12.1 Å². The average Bonchev–Trinajstić information content (AvgIpc) is 2.15. The summed E-state index contributed by atoms with van der Waals surface area (Å²) in [7, 11) is 0. The van der Waals surface area contributed by atoms with Crippen molar-refractivity contribution in [3.8, 4) is 0 Å². The number of carbonyl (C=O) groups is 1. The highest BCUT2D eigenvalue weighted by atomic mass is 16.4. The van der Waals surface area contributed by atoms with Crippen LogP contribution in [0.3, 0.4) is 0 Å². The molecule has 1 aromatic heterocycles. The fourth-order valence-electron chi connectivity index (χ4n) is 0.864. The number of carboxylic acid groups (broad SMARTS) is 1. The lowest BCUT2D eigenvalue weighted by Gasteiger charge is -1.95. The molecule has 0 aliphatic heterocycles. The molecule has 0 saturated heterocycles. The van der Waals surface area contributed by atoms with E-state index in [1.165, 1.54) is 0 Å². The molecule has 3 nitrogen and oxygen atoms in total. The van der Waals surface area contributed by atoms with Crippen molar-refractivity contribution in [1.82, 2.24) is 4.98 Å². The van der Waals surface area contributed by atoms with Crippen molar-refractivity contribution in [2.75, 3.05) is 0 Å². The van der Waals surface area contributed by atoms with E-state index in [1.807, 2.05) is 18.2 Å². The molecular weight excluding hydrogens is 166 g/mol. The van der Waals surface area contributed by atoms with Gasteiger partial charge in [0.2, 0.25) is 0 Å². The van der Waals surface area contributed by atoms with Gasteiger partial charge >= 0.3 is 5.97 Å². The molecule has 68 valence electrons. The normalized spacial score (nSPS) is 11.3. The summed E-state index contributed by atoms with van der Waals surface area (Å²) in [4.78, 5) is 14.5. The maximum atomic E-state index is 10.4. The summed E-state index contributed by atoms with van der Waals surface area (Å²) < 4.78 is 0. The number of allylic oxidation sites excluding steroid dienone is 1. The Kier molecular flexibility index (Phi) is 3.20. The number of nitrogens with zero attached hydrogens (tertiary/aromatic N) is 1. The molecule has 1 N–H and O–H groups in total. The smallest absolute Gasteiger partial charge is 0.330 e. The second-order valence-electron chi connectivity index (χ2n) is 2.72. The van der Waals surface area contributed by atoms with Crippen LogP contribution in [0.2, 0.25) is 0 Å². The van der Waals surface area contributed by atoms with Crippen molar-refractivity contribution in [3.05, 3.63) is 41.7 Å². The Morgan fingerprint density at radius 2 is 2.38 bits per heavy atom. The monoisotopic (exact) mass is 177 g/mol. The van der Waals surface area contributed by atoms with Crippen LogP contribution < -0.4 is 0 Å². The third-order valence-corrected chi connectivity index (χ3v) is 1.68. The van der Waals surface area contributed by atoms with Crippen LogP contribution in [0.25, 0.3) is 0 Å². The predicted molar refractivity (Wildman–Crippen MR) is 49.3 cm³/mol. The van der Waals surface area contributed by atoms with Crippen molar-refractivity contribution >= 4 is 5.97 Å². The van der Waals surface area contributed by atoms with Gasteiger partial charge < -0.3 is 5.11 Å². The Labute approximate surface area is 76.7 Å². The van der Waals surface area contributed by atoms with Gasteiger partial charge in [-0.15, -0.1) is 0 Å². The first-order valence-corrected chi connectivity index (χ1v) is 4.00. The standard InChI is InChI=1S/C10H11NO2/c1-8(10(12)13)5-6-9-4-2-3-7-11-9/h2-5,7H,6H2,1H3,(H,12,13). The predicted octanol–water partition coefficient (Wildman–Crippen LogP) is 1.66. The lowest BCUT2D eigenvalue weighted by molar-refractivity contribution is -0.132. The van der Waals surface area contributed by atoms with Crippen LogP contribution in [0, 0.1) is 0 Å². The minimum Gasteiger partial charge on any atom is -0.478 e. The fraction of sp³-hybridized carbons (Fsp3) is 0.200. The van der Waals surface area contributed by atoms with Gasteiger partial charge in [-0.25, -0.2) is 4.79 Å². The Morgan fingerprint density at radius 1 is 1.62 bits per heavy atom. The summed E-state index contributed by atoms with van der Waals surface area (Å²) in [5.41, 5.74) is 1.23. The molecule has 1 rings (SSSR count). The van der Waals surface area contributed by atoms with E-state index in [0.717, 1.165) is 5.69 Å². The van der Waals surface area contributed by atoms with E-state index in [9.17, 15) is 4.79 Å². The third kappa shape index (κ3) is 3.07. The third-order valence-electron chi connectivity index (χ3n) is 1.68. The van der Waals surface area contributed by atoms with Crippen molar-refractivity contribution in [1.29, 1.82) is 0 Å². The first kappa shape index (κ1) is 9.45. The number of hydrogen-bond donors (Lipinski definition) is 1. The van der Waals surface area contributed by atoms with Gasteiger partial charge in [-0.3, -0.25) is 4.98 Å². The van der Waals surface area contributed by atoms with Gasteiger partial charge in [0.25, 0.3) is 0 Å². The summed E-state index contributed by atoms with van der Waals surface area (Å²) in [5, 5.41) is 8.57. The number of rotatable bonds is 3. The molecule has 0 bridgehead atoms. The summed E-state index contributed by atoms with van der Waals surface area (Å²) in [6.45, 7) is 1.57. The molecule has 0 fully saturated rings. The maximum Gasteiger partial charge on any atom is 0.330 e. The molecule has 0 aliphatic carbocycles. The summed E-state index contributed by atoms with van der Waals surface area (Å²) in [6, 6.07) is 5.58. The zero-order valence-electron chi connectivity index (χ0n) is 7.40. The minimum absolute atomic E-state index is 0.352. The van der Waals surface area contributed by atoms with E-state index in [-0.39, 0.29) is 0 Å². The van der Waals surface area contributed by atoms with Crippen LogP contribution in [0.5, 0.6) is 0 Å². The molecule has 0 spiro atoms. The number of carboxylic acids is 1. The number of aromatic nitrogens is 1. The first-order chi connectivity index (χ1) is 6.20. The Morgan fingerprint density at radius 3 is 2.92 bits per heavy atom. The first-order valence-electron chi connectivity index (χ1n) is 4.00. The summed E-state index contributed by atoms with van der Waals surface area (Å²) in [5.74, 6) is -0.879. The van der Waals surface area contributed by atoms with Crippen molar-refractivity contribution in [3.63, 3.8) is 0 Å². The Balaban J connectivity index is 2.62. The number of hydrogen-bond acceptors (Lipinski definition) is 2. The molecule has 0 radical (unpaired) electrons. The topological polar surface area (TPSA) is 50.2 Å². The molecule has 13 heavy (non-hydrogen) atoms. The summed E-state index contributed by atoms with van der Waals surface area (Å²) >= 11 is 0. The SMILES string of the molecule is CC(=CCc1ccccn1)C(=O)O. The number of pyridine rings is 1. The van der Waals surface area contributed by atoms with E-state index >= 15 is 0 Å². The Bertz CT molecular complexity index is 317. The van der Waals surface area contributed by atoms with Gasteiger partial charge in [-0.2, -0.15) is 0 Å². The fourth-order valence-corrected chi connectivity index (χ4v) is 0.864. The Hall–Kier alpha value is -1.64. The van der Waals surface area contributed by atoms with Crippen molar-refractivity contribution < 1.29 is 9.90 Å². The zero-order chi connectivity index (χ0) is 9.68. The molecule has 0 saturated carbocycles. The maximum absolute atomic E-state index is 10.4. The van der Waals surface area contributed by atoms with E-state index in [4.69, 9.17) is 5.11 Å². The molecule has 3 heteroatoms. The van der Waals surface area contributed by atoms with Crippen LogP contribution in [0.4, 0.5) is 0 Å². The molecule has 0 aromatic carbocycles. The highest BCUT2D eigenvalue weighted by Crippen LogP contribution is 1.99. The van der Waals surface area contributed by atoms with E-state index in [2.05, 4.69) is 4.98 Å². The van der Waals surface area contributed by atoms with Gasteiger partial charge in [0.05, 0.1) is 0 Å². The van der Waals surface area contributed by atoms with Crippen molar-refractivity contribution in [2.45, 2.75) is 13.3 Å². The molecule has 0 amide bonds. The largest absolute Gasteiger partial charge is 0.478 e. The van der Waals surface area contributed by atoms with Gasteiger partial charge in [-0.05, 0) is 19.1 Å². The van der Waals surface area contributed by atoms with Gasteiger partial charge in [0.1, 0.15) is 0 Å². The van der Waals surface area contributed by atoms with Crippen molar-refractivity contribution in [2.24, 2.45) is 0 Å². The minimum atomic E-state index is -0.879. The highest BCUT2D eigenvalue weighted by Gasteiger charge is 1.98. The van der Waals surface area contributed by atoms with E-state index < -0.39 is 5.97 Å². The average molecular weight is 177 g/mol. The molecule has 1 heterocycles. The lowest BCUT2D eigenvalue weighted by Crippen LogP contribution is -1.97. The summed E-state index contributed by atoms with van der Waals surface area (Å²) in [6.07, 6.45) is 3.92. The van der Waals surface area contributed by atoms with Crippen LogP contribution in [0.15, 0.2) is 36.0 Å². The zero-order valence-corrected chi connectivity index (χ0v) is 7.40. The molecule has 0 unspecified atom stereocenters. The molecule has 1 aromatic rings. The second kappa shape index (κ2) is 4.40. The van der Waals surface area contributed by atoms with Crippen LogP contribution in [0.1, 0.15) is 12.6 Å². The molecule has 0 aliphatic rings. The lowest BCUT2D eigenvalue weighted by atomic mass is 10.2. The van der Waals surface area contributed by atoms with Crippen LogP contribution in [-0.4, -0.2) is 16.1 Å². The van der Waals surface area contributed by atoms with E-state index in [0.29, 0.717) is 12.0 Å². The number of aliphatic carboxylic acids is 1.